The number of ketones is 1. The zero-order chi connectivity index (χ0) is 24.7. The Labute approximate surface area is 203 Å². The normalized spacial score (nSPS) is 14.7. The summed E-state index contributed by atoms with van der Waals surface area (Å²) in [5, 5.41) is 0. The van der Waals surface area contributed by atoms with E-state index in [1.165, 1.54) is 0 Å². The molecule has 0 aliphatic carbocycles. The number of hydrogen-bond acceptors (Lipinski definition) is 5. The molecule has 5 rings (SSSR count). The molecule has 8 nitrogen and oxygen atoms in total. The fraction of sp³-hybridized carbons (Fsp3) is 0.370. The van der Waals surface area contributed by atoms with Crippen molar-refractivity contribution in [3.05, 3.63) is 58.6 Å². The molecule has 1 saturated heterocycles. The Morgan fingerprint density at radius 3 is 2.43 bits per heavy atom. The van der Waals surface area contributed by atoms with E-state index in [1.54, 1.807) is 24.7 Å². The van der Waals surface area contributed by atoms with Crippen molar-refractivity contribution >= 4 is 33.8 Å². The summed E-state index contributed by atoms with van der Waals surface area (Å²) in [5.74, 6) is 0.283. The van der Waals surface area contributed by atoms with E-state index >= 15 is 0 Å². The highest BCUT2D eigenvalue weighted by Gasteiger charge is 2.27. The number of carbonyl (C=O) groups is 2. The van der Waals surface area contributed by atoms with Gasteiger partial charge in [-0.05, 0) is 30.5 Å². The second-order valence-electron chi connectivity index (χ2n) is 9.27. The number of Topliss-reactive ketones (excluding diaryl/α,β-unsaturated/α-hetero) is 1. The minimum atomic E-state index is -0.0901. The van der Waals surface area contributed by atoms with Gasteiger partial charge >= 0.3 is 5.69 Å². The number of fused-ring (bicyclic) bond motifs is 3. The number of nitrogens with zero attached hydrogens (tertiary/aromatic N) is 5. The summed E-state index contributed by atoms with van der Waals surface area (Å²) in [6.45, 7) is 4.73. The third kappa shape index (κ3) is 4.13. The van der Waals surface area contributed by atoms with Gasteiger partial charge in [0.1, 0.15) is 11.3 Å². The van der Waals surface area contributed by atoms with Crippen molar-refractivity contribution in [1.29, 1.82) is 0 Å². The maximum Gasteiger partial charge on any atom is 0.329 e. The van der Waals surface area contributed by atoms with Crippen LogP contribution in [0.5, 0.6) is 0 Å². The Balaban J connectivity index is 1.59. The lowest BCUT2D eigenvalue weighted by atomic mass is 10.0. The van der Waals surface area contributed by atoms with Gasteiger partial charge in [-0.15, -0.1) is 0 Å². The fourth-order valence-electron chi connectivity index (χ4n) is 4.97. The predicted octanol–water partition coefficient (Wildman–Crippen LogP) is 3.66. The highest BCUT2D eigenvalue weighted by atomic mass is 16.2. The molecule has 3 aromatic heterocycles. The Bertz CT molecular complexity index is 1490. The molecule has 4 heterocycles. The molecular formula is C27H29N5O3. The van der Waals surface area contributed by atoms with Gasteiger partial charge < -0.3 is 4.90 Å². The zero-order valence-corrected chi connectivity index (χ0v) is 20.3. The number of amides is 1. The van der Waals surface area contributed by atoms with Crippen LogP contribution < -0.4 is 5.69 Å². The molecule has 0 bridgehead atoms. The number of likely N-dealkylation sites (tertiary alicyclic amines) is 1. The second-order valence-corrected chi connectivity index (χ2v) is 9.27. The summed E-state index contributed by atoms with van der Waals surface area (Å²) in [7, 11) is 1.76. The summed E-state index contributed by atoms with van der Waals surface area (Å²) < 4.78 is 3.49. The standard InChI is InChI=1S/C27H29N5O3/c1-4-21(34)15-18-5-7-19(8-6-18)22-9-10-23-25(29-22)26-24(16-28-23)30(3)27(35)32(26)20-11-13-31(14-12-20)17(2)33/h5-10,16,20H,4,11-15H2,1-3H3. The number of benzene rings is 1. The Hall–Kier alpha value is -3.81. The molecule has 1 aromatic carbocycles. The van der Waals surface area contributed by atoms with E-state index in [0.717, 1.165) is 46.2 Å². The summed E-state index contributed by atoms with van der Waals surface area (Å²) in [5.41, 5.74) is 5.58. The zero-order valence-electron chi connectivity index (χ0n) is 20.3. The minimum Gasteiger partial charge on any atom is -0.343 e. The average Bonchev–Trinajstić information content (AvgIpc) is 3.14. The van der Waals surface area contributed by atoms with E-state index < -0.39 is 0 Å². The first kappa shape index (κ1) is 23.0. The number of pyridine rings is 2. The van der Waals surface area contributed by atoms with Crippen molar-refractivity contribution in [3.63, 3.8) is 0 Å². The van der Waals surface area contributed by atoms with Gasteiger partial charge in [0.2, 0.25) is 5.91 Å². The number of imidazole rings is 1. The lowest BCUT2D eigenvalue weighted by Crippen LogP contribution is -2.39. The maximum atomic E-state index is 13.3. The van der Waals surface area contributed by atoms with Crippen LogP contribution in [-0.2, 0) is 23.1 Å². The van der Waals surface area contributed by atoms with Gasteiger partial charge in [0.05, 0.1) is 28.4 Å². The number of hydrogen-bond donors (Lipinski definition) is 0. The first-order valence-electron chi connectivity index (χ1n) is 12.1. The monoisotopic (exact) mass is 471 g/mol. The molecular weight excluding hydrogens is 442 g/mol. The molecule has 1 aliphatic heterocycles. The molecule has 1 aliphatic rings. The number of rotatable bonds is 5. The van der Waals surface area contributed by atoms with Crippen LogP contribution >= 0.6 is 0 Å². The highest BCUT2D eigenvalue weighted by Crippen LogP contribution is 2.30. The maximum absolute atomic E-state index is 13.3. The van der Waals surface area contributed by atoms with Crippen molar-refractivity contribution in [2.45, 2.75) is 45.6 Å². The number of piperidine rings is 1. The average molecular weight is 472 g/mol. The van der Waals surface area contributed by atoms with Gasteiger partial charge in [-0.25, -0.2) is 9.78 Å². The van der Waals surface area contributed by atoms with Gasteiger partial charge in [0.15, 0.2) is 0 Å². The van der Waals surface area contributed by atoms with Crippen molar-refractivity contribution in [2.75, 3.05) is 13.1 Å². The van der Waals surface area contributed by atoms with E-state index in [4.69, 9.17) is 4.98 Å². The molecule has 4 aromatic rings. The lowest BCUT2D eigenvalue weighted by Gasteiger charge is -2.31. The van der Waals surface area contributed by atoms with Gasteiger partial charge in [0.25, 0.3) is 0 Å². The molecule has 0 unspecified atom stereocenters. The first-order chi connectivity index (χ1) is 16.9. The van der Waals surface area contributed by atoms with Crippen LogP contribution in [0, 0.1) is 0 Å². The van der Waals surface area contributed by atoms with Crippen molar-refractivity contribution in [3.8, 4) is 11.3 Å². The van der Waals surface area contributed by atoms with Crippen LogP contribution in [0.25, 0.3) is 33.3 Å². The molecule has 0 spiro atoms. The quantitative estimate of drug-likeness (QED) is 0.443. The molecule has 0 radical (unpaired) electrons. The molecule has 180 valence electrons. The molecule has 8 heteroatoms. The molecule has 0 saturated carbocycles. The minimum absolute atomic E-state index is 0.00626. The summed E-state index contributed by atoms with van der Waals surface area (Å²) in [4.78, 5) is 48.2. The van der Waals surface area contributed by atoms with Crippen LogP contribution in [0.3, 0.4) is 0 Å². The third-order valence-electron chi connectivity index (χ3n) is 7.08. The highest BCUT2D eigenvalue weighted by molar-refractivity contribution is 6.00. The summed E-state index contributed by atoms with van der Waals surface area (Å²) in [6.07, 6.45) is 4.15. The van der Waals surface area contributed by atoms with Crippen molar-refractivity contribution < 1.29 is 9.59 Å². The lowest BCUT2D eigenvalue weighted by molar-refractivity contribution is -0.130. The van der Waals surface area contributed by atoms with E-state index in [2.05, 4.69) is 4.98 Å². The van der Waals surface area contributed by atoms with E-state index in [0.29, 0.717) is 31.4 Å². The van der Waals surface area contributed by atoms with Crippen LogP contribution in [0.1, 0.15) is 44.7 Å². The number of carbonyl (C=O) groups excluding carboxylic acids is 2. The number of aryl methyl sites for hydroxylation is 1. The molecule has 1 amide bonds. The van der Waals surface area contributed by atoms with Gasteiger partial charge in [-0.3, -0.25) is 23.7 Å². The van der Waals surface area contributed by atoms with Gasteiger partial charge in [0, 0.05) is 51.5 Å². The van der Waals surface area contributed by atoms with Gasteiger partial charge in [-0.1, -0.05) is 31.2 Å². The second kappa shape index (κ2) is 9.09. The largest absolute Gasteiger partial charge is 0.343 e. The molecule has 0 N–H and O–H groups in total. The SMILES string of the molecule is CCC(=O)Cc1ccc(-c2ccc3ncc4c(c3n2)n(C2CCN(C(C)=O)CC2)c(=O)n4C)cc1. The van der Waals surface area contributed by atoms with Gasteiger partial charge in [-0.2, -0.15) is 0 Å². The predicted molar refractivity (Wildman–Crippen MR) is 135 cm³/mol. The number of aromatic nitrogens is 4. The summed E-state index contributed by atoms with van der Waals surface area (Å²) >= 11 is 0. The fourth-order valence-corrected chi connectivity index (χ4v) is 4.97. The van der Waals surface area contributed by atoms with Crippen molar-refractivity contribution in [1.82, 2.24) is 24.0 Å². The van der Waals surface area contributed by atoms with E-state index in [-0.39, 0.29) is 23.4 Å². The molecule has 1 fully saturated rings. The third-order valence-corrected chi connectivity index (χ3v) is 7.08. The Morgan fingerprint density at radius 1 is 1.06 bits per heavy atom. The van der Waals surface area contributed by atoms with Crippen LogP contribution in [0.4, 0.5) is 0 Å². The van der Waals surface area contributed by atoms with Crippen molar-refractivity contribution in [2.24, 2.45) is 7.05 Å². The van der Waals surface area contributed by atoms with E-state index in [1.807, 2.05) is 52.8 Å². The van der Waals surface area contributed by atoms with Crippen LogP contribution in [-0.4, -0.2) is 48.8 Å². The first-order valence-corrected chi connectivity index (χ1v) is 12.1. The van der Waals surface area contributed by atoms with E-state index in [9.17, 15) is 14.4 Å². The van der Waals surface area contributed by atoms with Crippen LogP contribution in [0.2, 0.25) is 0 Å². The summed E-state index contributed by atoms with van der Waals surface area (Å²) in [6, 6.07) is 11.8. The topological polar surface area (TPSA) is 90.1 Å². The molecule has 35 heavy (non-hydrogen) atoms. The Kier molecular flexibility index (Phi) is 5.96. The smallest absolute Gasteiger partial charge is 0.329 e. The Morgan fingerprint density at radius 2 is 1.77 bits per heavy atom. The van der Waals surface area contributed by atoms with Crippen LogP contribution in [0.15, 0.2) is 47.4 Å². The molecule has 0 atom stereocenters.